The van der Waals surface area contributed by atoms with E-state index in [-0.39, 0.29) is 18.3 Å². The van der Waals surface area contributed by atoms with E-state index in [1.165, 1.54) is 0 Å². The Morgan fingerprint density at radius 1 is 1.53 bits per heavy atom. The molecule has 90 valence electrons. The number of carbonyl (C=O) groups is 2. The Balaban J connectivity index is 2.22. The molecule has 17 heavy (non-hydrogen) atoms. The topological polar surface area (TPSA) is 55.4 Å². The van der Waals surface area contributed by atoms with E-state index in [0.29, 0.717) is 17.3 Å². The second kappa shape index (κ2) is 4.75. The van der Waals surface area contributed by atoms with Gasteiger partial charge in [0, 0.05) is 10.7 Å². The van der Waals surface area contributed by atoms with Crippen LogP contribution in [-0.4, -0.2) is 18.5 Å². The van der Waals surface area contributed by atoms with Crippen LogP contribution in [0.2, 0.25) is 5.02 Å². The van der Waals surface area contributed by atoms with Crippen molar-refractivity contribution in [3.8, 4) is 0 Å². The molecule has 0 saturated heterocycles. The van der Waals surface area contributed by atoms with Crippen molar-refractivity contribution in [2.24, 2.45) is 0 Å². The largest absolute Gasteiger partial charge is 0.466 e. The summed E-state index contributed by atoms with van der Waals surface area (Å²) in [6, 6.07) is 5.15. The van der Waals surface area contributed by atoms with E-state index in [1.807, 2.05) is 0 Å². The van der Waals surface area contributed by atoms with Crippen LogP contribution in [0.5, 0.6) is 0 Å². The van der Waals surface area contributed by atoms with E-state index in [1.54, 1.807) is 25.1 Å². The average molecular weight is 254 g/mol. The molecule has 0 saturated carbocycles. The smallest absolute Gasteiger partial charge is 0.306 e. The van der Waals surface area contributed by atoms with E-state index in [2.05, 4.69) is 5.32 Å². The second-order valence-corrected chi connectivity index (χ2v) is 4.22. The Bertz CT molecular complexity index is 473. The maximum atomic E-state index is 11.7. The standard InChI is InChI=1S/C12H12ClNO3/c1-2-17-11(15)6-9-8-5-7(13)3-4-10(8)14-12(9)16/h3-5,9H,2,6H2,1H3,(H,14,16). The zero-order valence-corrected chi connectivity index (χ0v) is 10.1. The Hall–Kier alpha value is -1.55. The van der Waals surface area contributed by atoms with Crippen LogP contribution in [0, 0.1) is 0 Å². The van der Waals surface area contributed by atoms with Gasteiger partial charge in [-0.15, -0.1) is 0 Å². The van der Waals surface area contributed by atoms with Gasteiger partial charge in [-0.3, -0.25) is 9.59 Å². The second-order valence-electron chi connectivity index (χ2n) is 3.78. The van der Waals surface area contributed by atoms with Crippen molar-refractivity contribution in [1.82, 2.24) is 0 Å². The first-order valence-electron chi connectivity index (χ1n) is 5.37. The van der Waals surface area contributed by atoms with Gasteiger partial charge >= 0.3 is 5.97 Å². The molecule has 0 aromatic heterocycles. The van der Waals surface area contributed by atoms with Crippen molar-refractivity contribution in [3.63, 3.8) is 0 Å². The average Bonchev–Trinajstić information content (AvgIpc) is 2.56. The molecule has 0 aliphatic carbocycles. The van der Waals surface area contributed by atoms with Crippen molar-refractivity contribution in [3.05, 3.63) is 28.8 Å². The third-order valence-corrected chi connectivity index (χ3v) is 2.87. The third-order valence-electron chi connectivity index (χ3n) is 2.64. The summed E-state index contributed by atoms with van der Waals surface area (Å²) >= 11 is 5.88. The van der Waals surface area contributed by atoms with E-state index in [4.69, 9.17) is 16.3 Å². The van der Waals surface area contributed by atoms with Gasteiger partial charge in [-0.2, -0.15) is 0 Å². The first kappa shape index (κ1) is 11.9. The van der Waals surface area contributed by atoms with Crippen LogP contribution < -0.4 is 5.32 Å². The molecule has 1 heterocycles. The molecular formula is C12H12ClNO3. The molecule has 1 unspecified atom stereocenters. The van der Waals surface area contributed by atoms with Gasteiger partial charge in [0.15, 0.2) is 0 Å². The summed E-state index contributed by atoms with van der Waals surface area (Å²) in [5, 5.41) is 3.27. The molecule has 1 aromatic rings. The number of carbonyl (C=O) groups excluding carboxylic acids is 2. The number of hydrogen-bond acceptors (Lipinski definition) is 3. The van der Waals surface area contributed by atoms with Crippen LogP contribution in [-0.2, 0) is 14.3 Å². The first-order chi connectivity index (χ1) is 8.11. The quantitative estimate of drug-likeness (QED) is 0.841. The van der Waals surface area contributed by atoms with Gasteiger partial charge in [-0.1, -0.05) is 11.6 Å². The molecule has 1 aromatic carbocycles. The lowest BCUT2D eigenvalue weighted by Gasteiger charge is -2.08. The van der Waals surface area contributed by atoms with Crippen LogP contribution in [0.15, 0.2) is 18.2 Å². The van der Waals surface area contributed by atoms with E-state index < -0.39 is 5.92 Å². The number of anilines is 1. The number of fused-ring (bicyclic) bond motifs is 1. The van der Waals surface area contributed by atoms with Crippen LogP contribution in [0.3, 0.4) is 0 Å². The fourth-order valence-corrected chi connectivity index (χ4v) is 2.07. The predicted octanol–water partition coefficient (Wildman–Crippen LogP) is 2.33. The van der Waals surface area contributed by atoms with Gasteiger partial charge in [0.2, 0.25) is 5.91 Å². The lowest BCUT2D eigenvalue weighted by Crippen LogP contribution is -2.17. The summed E-state index contributed by atoms with van der Waals surface area (Å²) in [5.41, 5.74) is 1.48. The Morgan fingerprint density at radius 2 is 2.29 bits per heavy atom. The molecule has 0 fully saturated rings. The van der Waals surface area contributed by atoms with Gasteiger partial charge in [-0.05, 0) is 30.7 Å². The van der Waals surface area contributed by atoms with Gasteiger partial charge in [0.05, 0.1) is 18.9 Å². The van der Waals surface area contributed by atoms with E-state index >= 15 is 0 Å². The number of benzene rings is 1. The minimum absolute atomic E-state index is 0.0486. The zero-order valence-electron chi connectivity index (χ0n) is 9.33. The highest BCUT2D eigenvalue weighted by Crippen LogP contribution is 2.36. The highest BCUT2D eigenvalue weighted by Gasteiger charge is 2.32. The van der Waals surface area contributed by atoms with Crippen molar-refractivity contribution in [2.75, 3.05) is 11.9 Å². The molecule has 4 nitrogen and oxygen atoms in total. The number of esters is 1. The van der Waals surface area contributed by atoms with Crippen LogP contribution in [0.1, 0.15) is 24.8 Å². The Labute approximate surface area is 104 Å². The number of ether oxygens (including phenoxy) is 1. The number of hydrogen-bond donors (Lipinski definition) is 1. The lowest BCUT2D eigenvalue weighted by molar-refractivity contribution is -0.144. The Morgan fingerprint density at radius 3 is 3.00 bits per heavy atom. The Kier molecular flexibility index (Phi) is 3.33. The summed E-state index contributed by atoms with van der Waals surface area (Å²) in [7, 11) is 0. The highest BCUT2D eigenvalue weighted by molar-refractivity contribution is 6.31. The van der Waals surface area contributed by atoms with Crippen molar-refractivity contribution in [1.29, 1.82) is 0 Å². The zero-order chi connectivity index (χ0) is 12.4. The molecule has 0 bridgehead atoms. The molecule has 1 aliphatic heterocycles. The van der Waals surface area contributed by atoms with Gasteiger partial charge < -0.3 is 10.1 Å². The lowest BCUT2D eigenvalue weighted by atomic mass is 9.97. The third kappa shape index (κ3) is 2.42. The van der Waals surface area contributed by atoms with Crippen LogP contribution in [0.25, 0.3) is 0 Å². The summed E-state index contributed by atoms with van der Waals surface area (Å²) in [5.74, 6) is -1.06. The summed E-state index contributed by atoms with van der Waals surface area (Å²) in [6.07, 6.45) is 0.0486. The van der Waals surface area contributed by atoms with Crippen LogP contribution in [0.4, 0.5) is 5.69 Å². The van der Waals surface area contributed by atoms with Gasteiger partial charge in [0.1, 0.15) is 0 Å². The minimum Gasteiger partial charge on any atom is -0.466 e. The molecule has 1 N–H and O–H groups in total. The molecule has 2 rings (SSSR count). The number of nitrogens with one attached hydrogen (secondary N) is 1. The number of rotatable bonds is 3. The normalized spacial score (nSPS) is 17.5. The van der Waals surface area contributed by atoms with Crippen molar-refractivity contribution in [2.45, 2.75) is 19.3 Å². The fourth-order valence-electron chi connectivity index (χ4n) is 1.89. The van der Waals surface area contributed by atoms with Gasteiger partial charge in [0.25, 0.3) is 0 Å². The molecule has 1 aliphatic rings. The summed E-state index contributed by atoms with van der Waals surface area (Å²) in [4.78, 5) is 23.1. The number of amides is 1. The van der Waals surface area contributed by atoms with E-state index in [0.717, 1.165) is 5.56 Å². The first-order valence-corrected chi connectivity index (χ1v) is 5.75. The molecule has 0 radical (unpaired) electrons. The van der Waals surface area contributed by atoms with E-state index in [9.17, 15) is 9.59 Å². The minimum atomic E-state index is -0.497. The van der Waals surface area contributed by atoms with Crippen molar-refractivity contribution >= 4 is 29.2 Å². The maximum absolute atomic E-state index is 11.7. The van der Waals surface area contributed by atoms with Gasteiger partial charge in [-0.25, -0.2) is 0 Å². The summed E-state index contributed by atoms with van der Waals surface area (Å²) < 4.78 is 4.85. The summed E-state index contributed by atoms with van der Waals surface area (Å²) in [6.45, 7) is 2.05. The highest BCUT2D eigenvalue weighted by atomic mass is 35.5. The number of halogens is 1. The molecule has 1 atom stereocenters. The SMILES string of the molecule is CCOC(=O)CC1C(=O)Nc2ccc(Cl)cc21. The predicted molar refractivity (Wildman–Crippen MR) is 64.1 cm³/mol. The molecule has 0 spiro atoms. The van der Waals surface area contributed by atoms with Crippen LogP contribution >= 0.6 is 11.6 Å². The molecule has 5 heteroatoms. The fraction of sp³-hybridized carbons (Fsp3) is 0.333. The van der Waals surface area contributed by atoms with Crippen molar-refractivity contribution < 1.29 is 14.3 Å². The maximum Gasteiger partial charge on any atom is 0.306 e. The molecule has 1 amide bonds. The molecular weight excluding hydrogens is 242 g/mol. The monoisotopic (exact) mass is 253 g/mol.